The minimum Gasteiger partial charge on any atom is -0.489 e. The molecule has 1 N–H and O–H groups in total. The third kappa shape index (κ3) is 4.45. The van der Waals surface area contributed by atoms with Gasteiger partial charge in [-0.1, -0.05) is 12.1 Å². The lowest BCUT2D eigenvalue weighted by molar-refractivity contribution is -0.384. The van der Waals surface area contributed by atoms with E-state index >= 15 is 0 Å². The van der Waals surface area contributed by atoms with Gasteiger partial charge in [0, 0.05) is 18.2 Å². The van der Waals surface area contributed by atoms with Crippen LogP contribution in [0.3, 0.4) is 0 Å². The second-order valence-corrected chi connectivity index (χ2v) is 4.45. The molecule has 0 saturated carbocycles. The fourth-order valence-corrected chi connectivity index (χ4v) is 1.72. The molecule has 0 saturated heterocycles. The summed E-state index contributed by atoms with van der Waals surface area (Å²) in [5.41, 5.74) is 1.61. The number of carboxylic acids is 1. The Morgan fingerprint density at radius 3 is 2.32 bits per heavy atom. The van der Waals surface area contributed by atoms with Crippen LogP contribution in [0.25, 0.3) is 6.08 Å². The highest BCUT2D eigenvalue weighted by Crippen LogP contribution is 2.17. The van der Waals surface area contributed by atoms with Crippen LogP contribution in [0.4, 0.5) is 5.69 Å². The van der Waals surface area contributed by atoms with Gasteiger partial charge in [-0.25, -0.2) is 4.79 Å². The number of nitro groups is 1. The number of nitro benzene ring substituents is 1. The Bertz CT molecular complexity index is 689. The van der Waals surface area contributed by atoms with E-state index in [1.165, 1.54) is 18.2 Å². The predicted octanol–water partition coefficient (Wildman–Crippen LogP) is 3.27. The number of non-ortho nitro benzene ring substituents is 1. The highest BCUT2D eigenvalue weighted by atomic mass is 16.6. The molecular formula is C16H13NO5. The zero-order valence-corrected chi connectivity index (χ0v) is 11.5. The lowest BCUT2D eigenvalue weighted by Crippen LogP contribution is -1.96. The summed E-state index contributed by atoms with van der Waals surface area (Å²) >= 11 is 0. The van der Waals surface area contributed by atoms with Gasteiger partial charge in [-0.2, -0.15) is 0 Å². The molecule has 0 aliphatic heterocycles. The smallest absolute Gasteiger partial charge is 0.328 e. The molecule has 0 fully saturated rings. The van der Waals surface area contributed by atoms with E-state index in [1.54, 1.807) is 36.4 Å². The normalized spacial score (nSPS) is 10.5. The first-order valence-corrected chi connectivity index (χ1v) is 6.42. The maximum absolute atomic E-state index is 10.6. The van der Waals surface area contributed by atoms with Gasteiger partial charge in [0.1, 0.15) is 12.4 Å². The van der Waals surface area contributed by atoms with E-state index in [2.05, 4.69) is 0 Å². The summed E-state index contributed by atoms with van der Waals surface area (Å²) in [5.74, 6) is -0.371. The van der Waals surface area contributed by atoms with Crippen LogP contribution >= 0.6 is 0 Å². The Labute approximate surface area is 126 Å². The van der Waals surface area contributed by atoms with Crippen LogP contribution in [0.1, 0.15) is 11.1 Å². The summed E-state index contributed by atoms with van der Waals surface area (Å²) in [6, 6.07) is 13.1. The van der Waals surface area contributed by atoms with Gasteiger partial charge >= 0.3 is 5.97 Å². The third-order valence-corrected chi connectivity index (χ3v) is 2.85. The Hall–Kier alpha value is -3.15. The molecule has 0 aliphatic carbocycles. The van der Waals surface area contributed by atoms with E-state index in [0.717, 1.165) is 17.2 Å². The van der Waals surface area contributed by atoms with Crippen molar-refractivity contribution in [3.63, 3.8) is 0 Å². The molecular weight excluding hydrogens is 286 g/mol. The summed E-state index contributed by atoms with van der Waals surface area (Å²) in [4.78, 5) is 20.5. The number of carbonyl (C=O) groups is 1. The summed E-state index contributed by atoms with van der Waals surface area (Å²) < 4.78 is 5.56. The van der Waals surface area contributed by atoms with Crippen LogP contribution in [0.15, 0.2) is 54.6 Å². The Morgan fingerprint density at radius 1 is 1.14 bits per heavy atom. The minimum absolute atomic E-state index is 0.0401. The SMILES string of the molecule is O=C(O)/C=C/c1ccc(OCc2ccc([N+](=O)[O-])cc2)cc1. The van der Waals surface area contributed by atoms with Gasteiger partial charge in [0.2, 0.25) is 0 Å². The number of carboxylic acid groups (broad SMARTS) is 1. The van der Waals surface area contributed by atoms with E-state index in [4.69, 9.17) is 9.84 Å². The zero-order valence-electron chi connectivity index (χ0n) is 11.5. The predicted molar refractivity (Wildman–Crippen MR) is 80.5 cm³/mol. The molecule has 6 heteroatoms. The molecule has 2 aromatic rings. The standard InChI is InChI=1S/C16H13NO5/c18-16(19)10-5-12-3-8-15(9-4-12)22-11-13-1-6-14(7-2-13)17(20)21/h1-10H,11H2,(H,18,19)/b10-5+. The van der Waals surface area contributed by atoms with Gasteiger partial charge in [-0.3, -0.25) is 10.1 Å². The van der Waals surface area contributed by atoms with E-state index in [1.807, 2.05) is 0 Å². The van der Waals surface area contributed by atoms with Crippen LogP contribution in [0.5, 0.6) is 5.75 Å². The van der Waals surface area contributed by atoms with Gasteiger partial charge in [0.15, 0.2) is 0 Å². The maximum Gasteiger partial charge on any atom is 0.328 e. The maximum atomic E-state index is 10.6. The summed E-state index contributed by atoms with van der Waals surface area (Å²) in [6.45, 7) is 0.294. The van der Waals surface area contributed by atoms with Crippen molar-refractivity contribution in [2.75, 3.05) is 0 Å². The van der Waals surface area contributed by atoms with Crippen molar-refractivity contribution >= 4 is 17.7 Å². The highest BCUT2D eigenvalue weighted by Gasteiger charge is 2.04. The van der Waals surface area contributed by atoms with Gasteiger partial charge in [-0.05, 0) is 41.5 Å². The number of benzene rings is 2. The fraction of sp³-hybridized carbons (Fsp3) is 0.0625. The molecule has 0 bridgehead atoms. The fourth-order valence-electron chi connectivity index (χ4n) is 1.72. The number of aliphatic carboxylic acids is 1. The van der Waals surface area contributed by atoms with Gasteiger partial charge in [0.25, 0.3) is 5.69 Å². The number of rotatable bonds is 6. The molecule has 0 aromatic heterocycles. The average molecular weight is 299 g/mol. The molecule has 0 heterocycles. The van der Waals surface area contributed by atoms with E-state index in [0.29, 0.717) is 12.4 Å². The first-order chi connectivity index (χ1) is 10.5. The molecule has 22 heavy (non-hydrogen) atoms. The van der Waals surface area contributed by atoms with Crippen LogP contribution in [-0.2, 0) is 11.4 Å². The molecule has 0 aliphatic rings. The number of nitrogens with zero attached hydrogens (tertiary/aromatic N) is 1. The lowest BCUT2D eigenvalue weighted by atomic mass is 10.2. The van der Waals surface area contributed by atoms with Crippen LogP contribution in [-0.4, -0.2) is 16.0 Å². The molecule has 0 radical (unpaired) electrons. The van der Waals surface area contributed by atoms with Crippen molar-refractivity contribution in [1.29, 1.82) is 0 Å². The molecule has 0 amide bonds. The van der Waals surface area contributed by atoms with Crippen molar-refractivity contribution in [1.82, 2.24) is 0 Å². The second-order valence-electron chi connectivity index (χ2n) is 4.45. The highest BCUT2D eigenvalue weighted by molar-refractivity contribution is 5.85. The summed E-state index contributed by atoms with van der Waals surface area (Å²) in [7, 11) is 0. The Balaban J connectivity index is 1.94. The minimum atomic E-state index is -1.00. The van der Waals surface area contributed by atoms with Crippen molar-refractivity contribution in [3.05, 3.63) is 75.8 Å². The molecule has 2 aromatic carbocycles. The monoisotopic (exact) mass is 299 g/mol. The molecule has 112 valence electrons. The van der Waals surface area contributed by atoms with Crippen LogP contribution in [0, 0.1) is 10.1 Å². The Kier molecular flexibility index (Phi) is 4.87. The van der Waals surface area contributed by atoms with Crippen molar-refractivity contribution in [2.24, 2.45) is 0 Å². The average Bonchev–Trinajstić information content (AvgIpc) is 2.52. The molecule has 0 spiro atoms. The quantitative estimate of drug-likeness (QED) is 0.502. The van der Waals surface area contributed by atoms with Gasteiger partial charge < -0.3 is 9.84 Å². The van der Waals surface area contributed by atoms with E-state index < -0.39 is 10.9 Å². The van der Waals surface area contributed by atoms with Crippen LogP contribution < -0.4 is 4.74 Å². The topological polar surface area (TPSA) is 89.7 Å². The van der Waals surface area contributed by atoms with Gasteiger partial charge in [0.05, 0.1) is 4.92 Å². The Morgan fingerprint density at radius 2 is 1.77 bits per heavy atom. The number of hydrogen-bond donors (Lipinski definition) is 1. The van der Waals surface area contributed by atoms with E-state index in [9.17, 15) is 14.9 Å². The summed E-state index contributed by atoms with van der Waals surface area (Å²) in [5, 5.41) is 19.1. The number of ether oxygens (including phenoxy) is 1. The van der Waals surface area contributed by atoms with Crippen LogP contribution in [0.2, 0.25) is 0 Å². The first-order valence-electron chi connectivity index (χ1n) is 6.42. The van der Waals surface area contributed by atoms with Gasteiger partial charge in [-0.15, -0.1) is 0 Å². The number of hydrogen-bond acceptors (Lipinski definition) is 4. The molecule has 0 unspecified atom stereocenters. The molecule has 0 atom stereocenters. The second kappa shape index (κ2) is 7.03. The van der Waals surface area contributed by atoms with Crippen molar-refractivity contribution in [2.45, 2.75) is 6.61 Å². The van der Waals surface area contributed by atoms with Crippen molar-refractivity contribution in [3.8, 4) is 5.75 Å². The molecule has 2 rings (SSSR count). The lowest BCUT2D eigenvalue weighted by Gasteiger charge is -2.06. The third-order valence-electron chi connectivity index (χ3n) is 2.85. The first kappa shape index (κ1) is 15.2. The van der Waals surface area contributed by atoms with Crippen molar-refractivity contribution < 1.29 is 19.6 Å². The molecule has 6 nitrogen and oxygen atoms in total. The van der Waals surface area contributed by atoms with E-state index in [-0.39, 0.29) is 5.69 Å². The summed E-state index contributed by atoms with van der Waals surface area (Å²) in [6.07, 6.45) is 2.55. The largest absolute Gasteiger partial charge is 0.489 e. The zero-order chi connectivity index (χ0) is 15.9.